The van der Waals surface area contributed by atoms with Gasteiger partial charge in [-0.25, -0.2) is 0 Å². The lowest BCUT2D eigenvalue weighted by atomic mass is 10.1. The third-order valence-electron chi connectivity index (χ3n) is 2.98. The van der Waals surface area contributed by atoms with Gasteiger partial charge in [0.05, 0.1) is 11.3 Å². The van der Waals surface area contributed by atoms with Crippen molar-refractivity contribution < 1.29 is 22.8 Å². The van der Waals surface area contributed by atoms with E-state index in [1.165, 1.54) is 42.5 Å². The van der Waals surface area contributed by atoms with Crippen LogP contribution in [0.2, 0.25) is 5.02 Å². The van der Waals surface area contributed by atoms with Crippen molar-refractivity contribution in [2.45, 2.75) is 6.18 Å². The fourth-order valence-electron chi connectivity index (χ4n) is 1.86. The normalized spacial score (nSPS) is 11.0. The zero-order valence-electron chi connectivity index (χ0n) is 12.2. The second-order valence-electron chi connectivity index (χ2n) is 4.80. The van der Waals surface area contributed by atoms with Gasteiger partial charge in [-0.3, -0.25) is 9.59 Å². The molecule has 0 aliphatic rings. The van der Waals surface area contributed by atoms with Gasteiger partial charge in [-0.1, -0.05) is 23.7 Å². The Morgan fingerprint density at radius 1 is 0.958 bits per heavy atom. The number of rotatable bonds is 4. The number of benzene rings is 2. The summed E-state index contributed by atoms with van der Waals surface area (Å²) in [5.74, 6) is -1.44. The molecule has 0 unspecified atom stereocenters. The van der Waals surface area contributed by atoms with E-state index in [1.807, 2.05) is 0 Å². The number of halogens is 4. The molecule has 4 nitrogen and oxygen atoms in total. The molecule has 8 heteroatoms. The number of nitrogens with one attached hydrogen (secondary N) is 2. The smallest absolute Gasteiger partial charge is 0.343 e. The predicted octanol–water partition coefficient (Wildman–Crippen LogP) is 3.88. The number of para-hydroxylation sites is 1. The summed E-state index contributed by atoms with van der Waals surface area (Å²) in [5.41, 5.74) is 0.339. The Balaban J connectivity index is 2.15. The number of hydrogen-bond acceptors (Lipinski definition) is 2. The molecule has 0 bridgehead atoms. The van der Waals surface area contributed by atoms with E-state index >= 15 is 0 Å². The Labute approximate surface area is 140 Å². The van der Waals surface area contributed by atoms with Crippen molar-refractivity contribution in [3.63, 3.8) is 0 Å². The van der Waals surface area contributed by atoms with Crippen LogP contribution in [0.3, 0.4) is 0 Å². The van der Waals surface area contributed by atoms with Gasteiger partial charge in [-0.05, 0) is 36.4 Å². The maximum Gasteiger partial charge on any atom is 0.405 e. The van der Waals surface area contributed by atoms with Crippen LogP contribution >= 0.6 is 11.6 Å². The van der Waals surface area contributed by atoms with E-state index in [1.54, 1.807) is 11.4 Å². The molecule has 0 aliphatic carbocycles. The molecule has 0 saturated carbocycles. The Bertz CT molecular complexity index is 746. The fraction of sp³-hybridized carbons (Fsp3) is 0.125. The monoisotopic (exact) mass is 356 g/mol. The van der Waals surface area contributed by atoms with Crippen molar-refractivity contribution in [1.82, 2.24) is 5.32 Å². The summed E-state index contributed by atoms with van der Waals surface area (Å²) in [6.07, 6.45) is -4.52. The lowest BCUT2D eigenvalue weighted by molar-refractivity contribution is -0.123. The van der Waals surface area contributed by atoms with Crippen LogP contribution in [0.5, 0.6) is 0 Å². The van der Waals surface area contributed by atoms with Crippen LogP contribution in [0.15, 0.2) is 48.5 Å². The van der Waals surface area contributed by atoms with Gasteiger partial charge in [0, 0.05) is 10.6 Å². The molecule has 0 atom stereocenters. The second kappa shape index (κ2) is 7.35. The van der Waals surface area contributed by atoms with E-state index in [0.29, 0.717) is 10.6 Å². The summed E-state index contributed by atoms with van der Waals surface area (Å²) in [4.78, 5) is 24.0. The minimum absolute atomic E-state index is 0.0657. The Morgan fingerprint density at radius 3 is 2.21 bits per heavy atom. The highest BCUT2D eigenvalue weighted by molar-refractivity contribution is 6.30. The zero-order chi connectivity index (χ0) is 17.7. The molecule has 0 heterocycles. The third kappa shape index (κ3) is 4.99. The van der Waals surface area contributed by atoms with Gasteiger partial charge < -0.3 is 10.6 Å². The van der Waals surface area contributed by atoms with Crippen LogP contribution in [-0.2, 0) is 0 Å². The SMILES string of the molecule is O=C(Nc1ccccc1C(=O)NCC(F)(F)F)c1ccc(Cl)cc1. The van der Waals surface area contributed by atoms with Gasteiger partial charge in [-0.2, -0.15) is 13.2 Å². The fourth-order valence-corrected chi connectivity index (χ4v) is 1.99. The summed E-state index contributed by atoms with van der Waals surface area (Å²) in [7, 11) is 0. The lowest BCUT2D eigenvalue weighted by Gasteiger charge is -2.12. The van der Waals surface area contributed by atoms with Crippen LogP contribution in [0, 0.1) is 0 Å². The second-order valence-corrected chi connectivity index (χ2v) is 5.24. The molecule has 0 aliphatic heterocycles. The number of alkyl halides is 3. The van der Waals surface area contributed by atoms with Gasteiger partial charge in [0.15, 0.2) is 0 Å². The molecule has 0 radical (unpaired) electrons. The largest absolute Gasteiger partial charge is 0.405 e. The zero-order valence-corrected chi connectivity index (χ0v) is 12.9. The number of hydrogen-bond donors (Lipinski definition) is 2. The molecule has 0 fully saturated rings. The molecule has 2 aromatic rings. The molecule has 2 amide bonds. The summed E-state index contributed by atoms with van der Waals surface area (Å²) < 4.78 is 36.6. The Hall–Kier alpha value is -2.54. The van der Waals surface area contributed by atoms with Gasteiger partial charge >= 0.3 is 6.18 Å². The van der Waals surface area contributed by atoms with Crippen molar-refractivity contribution in [1.29, 1.82) is 0 Å². The first-order valence-corrected chi connectivity index (χ1v) is 7.15. The minimum atomic E-state index is -4.52. The molecule has 24 heavy (non-hydrogen) atoms. The lowest BCUT2D eigenvalue weighted by Crippen LogP contribution is -2.34. The van der Waals surface area contributed by atoms with Crippen molar-refractivity contribution >= 4 is 29.1 Å². The maximum absolute atomic E-state index is 12.2. The van der Waals surface area contributed by atoms with Crippen molar-refractivity contribution in [3.8, 4) is 0 Å². The molecule has 2 N–H and O–H groups in total. The van der Waals surface area contributed by atoms with Crippen LogP contribution in [0.1, 0.15) is 20.7 Å². The molecule has 0 spiro atoms. The number of amides is 2. The van der Waals surface area contributed by atoms with Gasteiger partial charge in [-0.15, -0.1) is 0 Å². The van der Waals surface area contributed by atoms with Gasteiger partial charge in [0.25, 0.3) is 11.8 Å². The maximum atomic E-state index is 12.2. The van der Waals surface area contributed by atoms with Crippen LogP contribution in [0.25, 0.3) is 0 Å². The van der Waals surface area contributed by atoms with Gasteiger partial charge in [0.1, 0.15) is 6.54 Å². The standard InChI is InChI=1S/C16H12ClF3N2O2/c17-11-7-5-10(6-8-11)14(23)22-13-4-2-1-3-12(13)15(24)21-9-16(18,19)20/h1-8H,9H2,(H,21,24)(H,22,23). The highest BCUT2D eigenvalue weighted by atomic mass is 35.5. The van der Waals surface area contributed by atoms with E-state index in [9.17, 15) is 22.8 Å². The van der Waals surface area contributed by atoms with Gasteiger partial charge in [0.2, 0.25) is 0 Å². The number of carbonyl (C=O) groups is 2. The molecule has 2 aromatic carbocycles. The van der Waals surface area contributed by atoms with E-state index in [-0.39, 0.29) is 11.3 Å². The minimum Gasteiger partial charge on any atom is -0.343 e. The Kier molecular flexibility index (Phi) is 5.46. The predicted molar refractivity (Wildman–Crippen MR) is 84.2 cm³/mol. The average molecular weight is 357 g/mol. The molecule has 0 aromatic heterocycles. The number of carbonyl (C=O) groups excluding carboxylic acids is 2. The van der Waals surface area contributed by atoms with Crippen LogP contribution < -0.4 is 10.6 Å². The quantitative estimate of drug-likeness (QED) is 0.873. The molecule has 2 rings (SSSR count). The van der Waals surface area contributed by atoms with E-state index < -0.39 is 24.5 Å². The Morgan fingerprint density at radius 2 is 1.58 bits per heavy atom. The summed E-state index contributed by atoms with van der Waals surface area (Å²) in [6.45, 7) is -1.45. The first-order valence-electron chi connectivity index (χ1n) is 6.77. The van der Waals surface area contributed by atoms with Crippen molar-refractivity contribution in [3.05, 3.63) is 64.7 Å². The molecule has 0 saturated heterocycles. The average Bonchev–Trinajstić information content (AvgIpc) is 2.53. The van der Waals surface area contributed by atoms with Crippen molar-refractivity contribution in [2.24, 2.45) is 0 Å². The van der Waals surface area contributed by atoms with E-state index in [2.05, 4.69) is 5.32 Å². The van der Waals surface area contributed by atoms with Crippen LogP contribution in [0.4, 0.5) is 18.9 Å². The number of anilines is 1. The first kappa shape index (κ1) is 17.8. The third-order valence-corrected chi connectivity index (χ3v) is 3.23. The van der Waals surface area contributed by atoms with Crippen molar-refractivity contribution in [2.75, 3.05) is 11.9 Å². The highest BCUT2D eigenvalue weighted by Gasteiger charge is 2.28. The molecular weight excluding hydrogens is 345 g/mol. The molecule has 126 valence electrons. The summed E-state index contributed by atoms with van der Waals surface area (Å²) >= 11 is 5.74. The van der Waals surface area contributed by atoms with E-state index in [0.717, 1.165) is 0 Å². The topological polar surface area (TPSA) is 58.2 Å². The summed E-state index contributed by atoms with van der Waals surface area (Å²) in [5, 5.41) is 4.72. The van der Waals surface area contributed by atoms with E-state index in [4.69, 9.17) is 11.6 Å². The first-order chi connectivity index (χ1) is 11.3. The van der Waals surface area contributed by atoms with Crippen LogP contribution in [-0.4, -0.2) is 24.5 Å². The highest BCUT2D eigenvalue weighted by Crippen LogP contribution is 2.18. The summed E-state index contributed by atoms with van der Waals surface area (Å²) in [6, 6.07) is 11.8. The molecular formula is C16H12ClF3N2O2.